The van der Waals surface area contributed by atoms with E-state index in [0.29, 0.717) is 0 Å². The molecule has 0 aromatic heterocycles. The van der Waals surface area contributed by atoms with Crippen molar-refractivity contribution in [1.29, 1.82) is 0 Å². The second-order valence-electron chi connectivity index (χ2n) is 4.15. The van der Waals surface area contributed by atoms with E-state index < -0.39 is 0 Å². The van der Waals surface area contributed by atoms with Gasteiger partial charge in [0.05, 0.1) is 5.71 Å². The van der Waals surface area contributed by atoms with Crippen molar-refractivity contribution in [3.63, 3.8) is 0 Å². The maximum Gasteiger partial charge on any atom is 0.0645 e. The number of allylic oxidation sites excluding steroid dienone is 2. The van der Waals surface area contributed by atoms with Crippen LogP contribution in [-0.2, 0) is 0 Å². The van der Waals surface area contributed by atoms with Crippen molar-refractivity contribution in [1.82, 2.24) is 0 Å². The molecular formula is C14H19N. The van der Waals surface area contributed by atoms with Gasteiger partial charge in [-0.1, -0.05) is 29.3 Å². The Morgan fingerprint density at radius 2 is 1.87 bits per heavy atom. The van der Waals surface area contributed by atoms with Gasteiger partial charge in [0.25, 0.3) is 0 Å². The number of benzene rings is 1. The molecule has 15 heavy (non-hydrogen) atoms. The Kier molecular flexibility index (Phi) is 3.84. The van der Waals surface area contributed by atoms with E-state index in [4.69, 9.17) is 0 Å². The lowest BCUT2D eigenvalue weighted by molar-refractivity contribution is 1.33. The zero-order chi connectivity index (χ0) is 11.4. The van der Waals surface area contributed by atoms with Crippen molar-refractivity contribution in [3.05, 3.63) is 46.5 Å². The molecule has 1 nitrogen and oxygen atoms in total. The molecule has 0 aliphatic carbocycles. The van der Waals surface area contributed by atoms with Crippen molar-refractivity contribution < 1.29 is 0 Å². The van der Waals surface area contributed by atoms with E-state index >= 15 is 0 Å². The van der Waals surface area contributed by atoms with Gasteiger partial charge in [0, 0.05) is 12.6 Å². The van der Waals surface area contributed by atoms with E-state index in [2.05, 4.69) is 57.0 Å². The lowest BCUT2D eigenvalue weighted by atomic mass is 10.0. The van der Waals surface area contributed by atoms with Gasteiger partial charge in [-0.15, -0.1) is 0 Å². The molecule has 0 N–H and O–H groups in total. The molecule has 0 saturated heterocycles. The minimum atomic E-state index is 1.06. The minimum absolute atomic E-state index is 1.06. The molecule has 0 amide bonds. The monoisotopic (exact) mass is 201 g/mol. The Bertz CT molecular complexity index is 407. The predicted octanol–water partition coefficient (Wildman–Crippen LogP) is 3.69. The van der Waals surface area contributed by atoms with Crippen LogP contribution in [0.1, 0.15) is 30.5 Å². The van der Waals surface area contributed by atoms with Crippen molar-refractivity contribution in [2.75, 3.05) is 7.05 Å². The fourth-order valence-electron chi connectivity index (χ4n) is 1.64. The predicted molar refractivity (Wildman–Crippen MR) is 67.8 cm³/mol. The first-order valence-corrected chi connectivity index (χ1v) is 5.24. The third-order valence-electron chi connectivity index (χ3n) is 2.32. The molecule has 0 aliphatic heterocycles. The molecule has 1 aromatic rings. The van der Waals surface area contributed by atoms with Crippen LogP contribution < -0.4 is 0 Å². The van der Waals surface area contributed by atoms with E-state index in [1.165, 1.54) is 22.3 Å². The molecule has 0 unspecified atom stereocenters. The summed E-state index contributed by atoms with van der Waals surface area (Å²) in [6, 6.07) is 6.47. The first-order chi connectivity index (χ1) is 7.04. The molecular weight excluding hydrogens is 182 g/mol. The van der Waals surface area contributed by atoms with Crippen molar-refractivity contribution in [2.24, 2.45) is 4.99 Å². The van der Waals surface area contributed by atoms with E-state index in [9.17, 15) is 0 Å². The summed E-state index contributed by atoms with van der Waals surface area (Å²) in [4.78, 5) is 4.33. The van der Waals surface area contributed by atoms with Gasteiger partial charge in [-0.25, -0.2) is 0 Å². The molecule has 0 fully saturated rings. The lowest BCUT2D eigenvalue weighted by Gasteiger charge is -2.07. The minimum Gasteiger partial charge on any atom is -0.288 e. The summed E-state index contributed by atoms with van der Waals surface area (Å²) < 4.78 is 0. The van der Waals surface area contributed by atoms with Crippen LogP contribution in [0.15, 0.2) is 34.8 Å². The summed E-state index contributed by atoms with van der Waals surface area (Å²) in [5.41, 5.74) is 6.14. The maximum absolute atomic E-state index is 4.33. The second kappa shape index (κ2) is 4.92. The Hall–Kier alpha value is -1.37. The average molecular weight is 201 g/mol. The zero-order valence-corrected chi connectivity index (χ0v) is 10.3. The van der Waals surface area contributed by atoms with Crippen LogP contribution in [0.25, 0.3) is 0 Å². The number of hydrogen-bond acceptors (Lipinski definition) is 1. The van der Waals surface area contributed by atoms with Gasteiger partial charge < -0.3 is 0 Å². The molecule has 80 valence electrons. The van der Waals surface area contributed by atoms with Crippen molar-refractivity contribution in [3.8, 4) is 0 Å². The smallest absolute Gasteiger partial charge is 0.0645 e. The third kappa shape index (κ3) is 3.05. The molecule has 0 aliphatic rings. The number of hydrogen-bond donors (Lipinski definition) is 0. The highest BCUT2D eigenvalue weighted by Crippen LogP contribution is 2.13. The van der Waals surface area contributed by atoms with Crippen LogP contribution in [0.2, 0.25) is 0 Å². The lowest BCUT2D eigenvalue weighted by Crippen LogP contribution is -2.00. The summed E-state index contributed by atoms with van der Waals surface area (Å²) in [7, 11) is 1.84. The van der Waals surface area contributed by atoms with Gasteiger partial charge >= 0.3 is 0 Å². The SMILES string of the molecule is CN=C(C=C(C)C)c1ccc(C)cc1C. The summed E-state index contributed by atoms with van der Waals surface area (Å²) in [6.07, 6.45) is 2.12. The first kappa shape index (κ1) is 11.7. The Morgan fingerprint density at radius 3 is 2.33 bits per heavy atom. The first-order valence-electron chi connectivity index (χ1n) is 5.24. The number of nitrogens with zero attached hydrogens (tertiary/aromatic N) is 1. The van der Waals surface area contributed by atoms with Gasteiger partial charge in [0.2, 0.25) is 0 Å². The molecule has 0 bridgehead atoms. The maximum atomic E-state index is 4.33. The molecule has 0 spiro atoms. The number of aliphatic imine (C=N–C) groups is 1. The largest absolute Gasteiger partial charge is 0.288 e. The zero-order valence-electron chi connectivity index (χ0n) is 10.3. The van der Waals surface area contributed by atoms with E-state index in [0.717, 1.165) is 5.71 Å². The van der Waals surface area contributed by atoms with E-state index in [1.54, 1.807) is 0 Å². The topological polar surface area (TPSA) is 12.4 Å². The highest BCUT2D eigenvalue weighted by atomic mass is 14.7. The summed E-state index contributed by atoms with van der Waals surface area (Å²) in [6.45, 7) is 8.43. The van der Waals surface area contributed by atoms with E-state index in [-0.39, 0.29) is 0 Å². The van der Waals surface area contributed by atoms with Gasteiger partial charge in [-0.05, 0) is 39.3 Å². The van der Waals surface area contributed by atoms with Crippen molar-refractivity contribution in [2.45, 2.75) is 27.7 Å². The fourth-order valence-corrected chi connectivity index (χ4v) is 1.64. The van der Waals surface area contributed by atoms with Gasteiger partial charge in [0.15, 0.2) is 0 Å². The average Bonchev–Trinajstić information content (AvgIpc) is 2.14. The molecule has 1 aromatic carbocycles. The Balaban J connectivity index is 3.20. The molecule has 0 heterocycles. The fraction of sp³-hybridized carbons (Fsp3) is 0.357. The molecule has 1 rings (SSSR count). The summed E-state index contributed by atoms with van der Waals surface area (Å²) >= 11 is 0. The standard InChI is InChI=1S/C14H19N/c1-10(2)8-14(15-5)13-7-6-11(3)9-12(13)4/h6-9H,1-5H3. The summed E-state index contributed by atoms with van der Waals surface area (Å²) in [5.74, 6) is 0. The van der Waals surface area contributed by atoms with Crippen molar-refractivity contribution >= 4 is 5.71 Å². The van der Waals surface area contributed by atoms with E-state index in [1.807, 2.05) is 7.05 Å². The molecule has 0 atom stereocenters. The third-order valence-corrected chi connectivity index (χ3v) is 2.32. The van der Waals surface area contributed by atoms with Crippen LogP contribution >= 0.6 is 0 Å². The van der Waals surface area contributed by atoms with Crippen LogP contribution in [0.4, 0.5) is 0 Å². The van der Waals surface area contributed by atoms with Gasteiger partial charge in [0.1, 0.15) is 0 Å². The van der Waals surface area contributed by atoms with Crippen LogP contribution in [0, 0.1) is 13.8 Å². The highest BCUT2D eigenvalue weighted by molar-refractivity contribution is 6.09. The number of aryl methyl sites for hydroxylation is 2. The molecule has 0 saturated carbocycles. The normalized spacial score (nSPS) is 11.4. The Morgan fingerprint density at radius 1 is 1.20 bits per heavy atom. The number of rotatable bonds is 2. The van der Waals surface area contributed by atoms with Gasteiger partial charge in [-0.2, -0.15) is 0 Å². The molecule has 0 radical (unpaired) electrons. The second-order valence-corrected chi connectivity index (χ2v) is 4.15. The van der Waals surface area contributed by atoms with Crippen LogP contribution in [-0.4, -0.2) is 12.8 Å². The molecule has 1 heteroatoms. The highest BCUT2D eigenvalue weighted by Gasteiger charge is 2.03. The van der Waals surface area contributed by atoms with Gasteiger partial charge in [-0.3, -0.25) is 4.99 Å². The quantitative estimate of drug-likeness (QED) is 0.647. The Labute approximate surface area is 92.6 Å². The summed E-state index contributed by atoms with van der Waals surface area (Å²) in [5, 5.41) is 0. The van der Waals surface area contributed by atoms with Crippen LogP contribution in [0.3, 0.4) is 0 Å². The van der Waals surface area contributed by atoms with Crippen LogP contribution in [0.5, 0.6) is 0 Å².